The fourth-order valence-corrected chi connectivity index (χ4v) is 4.04. The maximum absolute atomic E-state index is 12.1. The maximum atomic E-state index is 12.1. The van der Waals surface area contributed by atoms with Crippen molar-refractivity contribution < 1.29 is 9.59 Å². The van der Waals surface area contributed by atoms with Gasteiger partial charge in [-0.15, -0.1) is 11.3 Å². The number of nitrogens with one attached hydrogen (secondary N) is 2. The van der Waals surface area contributed by atoms with Gasteiger partial charge in [-0.2, -0.15) is 0 Å². The fourth-order valence-electron chi connectivity index (χ4n) is 3.32. The first-order chi connectivity index (χ1) is 10.1. The molecule has 2 fully saturated rings. The third-order valence-corrected chi connectivity index (χ3v) is 5.16. The van der Waals surface area contributed by atoms with E-state index in [9.17, 15) is 9.59 Å². The van der Waals surface area contributed by atoms with Gasteiger partial charge in [0.2, 0.25) is 5.91 Å². The summed E-state index contributed by atoms with van der Waals surface area (Å²) in [7, 11) is 1.67. The number of carbonyl (C=O) groups excluding carboxylic acids is 2. The lowest BCUT2D eigenvalue weighted by Crippen LogP contribution is -2.50. The summed E-state index contributed by atoms with van der Waals surface area (Å²) in [4.78, 5) is 26.4. The molecular weight excluding hydrogens is 286 g/mol. The molecule has 0 saturated carbocycles. The molecule has 21 heavy (non-hydrogen) atoms. The Kier molecular flexibility index (Phi) is 4.26. The van der Waals surface area contributed by atoms with E-state index in [0.29, 0.717) is 17.0 Å². The number of fused-ring (bicyclic) bond motifs is 2. The van der Waals surface area contributed by atoms with Gasteiger partial charge in [0.1, 0.15) is 0 Å². The SMILES string of the molecule is CN(CC(=O)NC1CC2CCC(C1)N2)C(=O)c1cccs1. The normalized spacial score (nSPS) is 27.4. The van der Waals surface area contributed by atoms with E-state index in [0.717, 1.165) is 12.8 Å². The van der Waals surface area contributed by atoms with Crippen molar-refractivity contribution in [3.63, 3.8) is 0 Å². The Morgan fingerprint density at radius 2 is 2.10 bits per heavy atom. The first kappa shape index (κ1) is 14.5. The molecule has 2 saturated heterocycles. The van der Waals surface area contributed by atoms with Crippen molar-refractivity contribution in [2.75, 3.05) is 13.6 Å². The van der Waals surface area contributed by atoms with Crippen LogP contribution >= 0.6 is 11.3 Å². The summed E-state index contributed by atoms with van der Waals surface area (Å²) >= 11 is 1.40. The number of nitrogens with zero attached hydrogens (tertiary/aromatic N) is 1. The molecule has 2 amide bonds. The van der Waals surface area contributed by atoms with Gasteiger partial charge >= 0.3 is 0 Å². The van der Waals surface area contributed by atoms with Gasteiger partial charge in [-0.1, -0.05) is 6.07 Å². The average molecular weight is 307 g/mol. The van der Waals surface area contributed by atoms with Gasteiger partial charge in [0.25, 0.3) is 5.91 Å². The predicted molar refractivity (Wildman–Crippen MR) is 82.4 cm³/mol. The zero-order valence-corrected chi connectivity index (χ0v) is 13.0. The third-order valence-electron chi connectivity index (χ3n) is 4.30. The zero-order chi connectivity index (χ0) is 14.8. The molecule has 3 heterocycles. The Morgan fingerprint density at radius 1 is 1.38 bits per heavy atom. The van der Waals surface area contributed by atoms with Gasteiger partial charge in [-0.05, 0) is 37.1 Å². The lowest BCUT2D eigenvalue weighted by molar-refractivity contribution is -0.122. The highest BCUT2D eigenvalue weighted by Gasteiger charge is 2.34. The molecule has 1 aromatic rings. The largest absolute Gasteiger partial charge is 0.352 e. The summed E-state index contributed by atoms with van der Waals surface area (Å²) in [6, 6.07) is 4.99. The minimum Gasteiger partial charge on any atom is -0.352 e. The molecule has 2 N–H and O–H groups in total. The molecular formula is C15H21N3O2S. The van der Waals surface area contributed by atoms with Gasteiger partial charge in [-0.3, -0.25) is 9.59 Å². The molecule has 2 atom stereocenters. The van der Waals surface area contributed by atoms with Gasteiger partial charge in [0, 0.05) is 25.2 Å². The van der Waals surface area contributed by atoms with Crippen molar-refractivity contribution in [3.05, 3.63) is 22.4 Å². The summed E-state index contributed by atoms with van der Waals surface area (Å²) in [5.74, 6) is -0.153. The summed E-state index contributed by atoms with van der Waals surface area (Å²) < 4.78 is 0. The molecule has 0 radical (unpaired) electrons. The second-order valence-corrected chi connectivity index (χ2v) is 6.96. The van der Waals surface area contributed by atoms with Crippen molar-refractivity contribution in [1.29, 1.82) is 0 Å². The molecule has 0 spiro atoms. The van der Waals surface area contributed by atoms with Crippen LogP contribution < -0.4 is 10.6 Å². The number of hydrogen-bond donors (Lipinski definition) is 2. The van der Waals surface area contributed by atoms with Crippen LogP contribution in [0.15, 0.2) is 17.5 Å². The van der Waals surface area contributed by atoms with E-state index in [4.69, 9.17) is 0 Å². The van der Waals surface area contributed by atoms with Crippen LogP contribution in [0.25, 0.3) is 0 Å². The van der Waals surface area contributed by atoms with E-state index in [2.05, 4.69) is 10.6 Å². The van der Waals surface area contributed by atoms with Crippen molar-refractivity contribution in [2.45, 2.75) is 43.8 Å². The number of carbonyl (C=O) groups is 2. The first-order valence-electron chi connectivity index (χ1n) is 7.46. The number of rotatable bonds is 4. The molecule has 5 nitrogen and oxygen atoms in total. The number of likely N-dealkylation sites (N-methyl/N-ethyl adjacent to an activating group) is 1. The first-order valence-corrected chi connectivity index (χ1v) is 8.34. The van der Waals surface area contributed by atoms with E-state index in [1.807, 2.05) is 11.4 Å². The molecule has 2 unspecified atom stereocenters. The van der Waals surface area contributed by atoms with Crippen molar-refractivity contribution in [2.24, 2.45) is 0 Å². The van der Waals surface area contributed by atoms with Crippen LogP contribution in [0.3, 0.4) is 0 Å². The summed E-state index contributed by atoms with van der Waals surface area (Å²) in [6.07, 6.45) is 4.44. The highest BCUT2D eigenvalue weighted by molar-refractivity contribution is 7.12. The molecule has 3 rings (SSSR count). The van der Waals surface area contributed by atoms with Gasteiger partial charge < -0.3 is 15.5 Å². The fraction of sp³-hybridized carbons (Fsp3) is 0.600. The van der Waals surface area contributed by atoms with Crippen molar-refractivity contribution in [1.82, 2.24) is 15.5 Å². The van der Waals surface area contributed by atoms with Crippen molar-refractivity contribution in [3.8, 4) is 0 Å². The maximum Gasteiger partial charge on any atom is 0.264 e. The van der Waals surface area contributed by atoms with Crippen LogP contribution in [0.5, 0.6) is 0 Å². The zero-order valence-electron chi connectivity index (χ0n) is 12.2. The monoisotopic (exact) mass is 307 g/mol. The van der Waals surface area contributed by atoms with Crippen LogP contribution in [-0.2, 0) is 4.79 Å². The molecule has 1 aromatic heterocycles. The molecule has 6 heteroatoms. The lowest BCUT2D eigenvalue weighted by atomic mass is 10.00. The Balaban J connectivity index is 1.48. The summed E-state index contributed by atoms with van der Waals surface area (Å²) in [6.45, 7) is 0.121. The Labute approximate surface area is 128 Å². The minimum atomic E-state index is -0.0921. The standard InChI is InChI=1S/C15H21N3O2S/c1-18(15(20)13-3-2-6-21-13)9-14(19)17-12-7-10-4-5-11(8-12)16-10/h2-3,6,10-12,16H,4-5,7-9H2,1H3,(H,17,19). The van der Waals surface area contributed by atoms with Crippen LogP contribution in [-0.4, -0.2) is 48.4 Å². The van der Waals surface area contributed by atoms with Gasteiger partial charge in [0.15, 0.2) is 0 Å². The van der Waals surface area contributed by atoms with E-state index >= 15 is 0 Å². The summed E-state index contributed by atoms with van der Waals surface area (Å²) in [5, 5.41) is 8.50. The summed E-state index contributed by atoms with van der Waals surface area (Å²) in [5.41, 5.74) is 0. The Bertz CT molecular complexity index is 505. The van der Waals surface area contributed by atoms with E-state index in [-0.39, 0.29) is 24.4 Å². The van der Waals surface area contributed by atoms with Crippen LogP contribution in [0, 0.1) is 0 Å². The second kappa shape index (κ2) is 6.15. The van der Waals surface area contributed by atoms with E-state index in [1.54, 1.807) is 13.1 Å². The minimum absolute atomic E-state index is 0.0614. The number of piperidine rings is 1. The molecule has 2 bridgehead atoms. The van der Waals surface area contributed by atoms with Gasteiger partial charge in [-0.25, -0.2) is 0 Å². The highest BCUT2D eigenvalue weighted by atomic mass is 32.1. The highest BCUT2D eigenvalue weighted by Crippen LogP contribution is 2.26. The van der Waals surface area contributed by atoms with Crippen LogP contribution in [0.2, 0.25) is 0 Å². The smallest absolute Gasteiger partial charge is 0.264 e. The average Bonchev–Trinajstić information content (AvgIpc) is 3.07. The third kappa shape index (κ3) is 3.44. The van der Waals surface area contributed by atoms with Crippen LogP contribution in [0.4, 0.5) is 0 Å². The Morgan fingerprint density at radius 3 is 2.71 bits per heavy atom. The quantitative estimate of drug-likeness (QED) is 0.879. The van der Waals surface area contributed by atoms with Crippen LogP contribution in [0.1, 0.15) is 35.4 Å². The second-order valence-electron chi connectivity index (χ2n) is 6.01. The number of amides is 2. The Hall–Kier alpha value is -1.40. The lowest BCUT2D eigenvalue weighted by Gasteiger charge is -2.30. The van der Waals surface area contributed by atoms with Gasteiger partial charge in [0.05, 0.1) is 11.4 Å². The molecule has 2 aliphatic rings. The predicted octanol–water partition coefficient (Wildman–Crippen LogP) is 1.22. The topological polar surface area (TPSA) is 61.4 Å². The molecule has 114 valence electrons. The molecule has 0 aliphatic carbocycles. The molecule has 0 aromatic carbocycles. The number of hydrogen-bond acceptors (Lipinski definition) is 4. The molecule has 2 aliphatic heterocycles. The van der Waals surface area contributed by atoms with E-state index < -0.39 is 0 Å². The number of thiophene rings is 1. The van der Waals surface area contributed by atoms with E-state index in [1.165, 1.54) is 29.1 Å². The van der Waals surface area contributed by atoms with Crippen molar-refractivity contribution >= 4 is 23.2 Å².